The molecule has 1 saturated carbocycles. The maximum atomic E-state index is 11.8. The molecule has 100 valence electrons. The van der Waals surface area contributed by atoms with Gasteiger partial charge in [0.05, 0.1) is 0 Å². The van der Waals surface area contributed by atoms with Crippen LogP contribution in [0.25, 0.3) is 0 Å². The first-order valence-electron chi connectivity index (χ1n) is 7.06. The summed E-state index contributed by atoms with van der Waals surface area (Å²) in [5, 5.41) is 7.55. The molecule has 0 spiro atoms. The van der Waals surface area contributed by atoms with E-state index in [0.717, 1.165) is 19.4 Å². The molecule has 0 unspecified atom stereocenters. The van der Waals surface area contributed by atoms with Gasteiger partial charge < -0.3 is 5.32 Å². The fourth-order valence-electron chi connectivity index (χ4n) is 2.88. The van der Waals surface area contributed by atoms with E-state index in [2.05, 4.69) is 29.1 Å². The molecule has 1 N–H and O–H groups in total. The largest absolute Gasteiger partial charge is 0.355 e. The van der Waals surface area contributed by atoms with E-state index in [4.69, 9.17) is 0 Å². The van der Waals surface area contributed by atoms with Gasteiger partial charge in [0.15, 0.2) is 0 Å². The highest BCUT2D eigenvalue weighted by Crippen LogP contribution is 2.41. The summed E-state index contributed by atoms with van der Waals surface area (Å²) in [5.41, 5.74) is 1.66. The van der Waals surface area contributed by atoms with Crippen molar-refractivity contribution in [3.8, 4) is 0 Å². The molecule has 1 fully saturated rings. The van der Waals surface area contributed by atoms with Crippen LogP contribution in [0.15, 0.2) is 16.8 Å². The third kappa shape index (κ3) is 3.14. The van der Waals surface area contributed by atoms with Crippen molar-refractivity contribution in [1.29, 1.82) is 0 Å². The summed E-state index contributed by atoms with van der Waals surface area (Å²) in [6, 6.07) is 2.23. The van der Waals surface area contributed by atoms with Gasteiger partial charge in [-0.3, -0.25) is 4.79 Å². The van der Waals surface area contributed by atoms with E-state index in [1.807, 2.05) is 0 Å². The van der Waals surface area contributed by atoms with Gasteiger partial charge in [-0.05, 0) is 41.7 Å². The van der Waals surface area contributed by atoms with Crippen molar-refractivity contribution in [2.75, 3.05) is 6.54 Å². The monoisotopic (exact) mass is 265 g/mol. The molecule has 18 heavy (non-hydrogen) atoms. The first kappa shape index (κ1) is 13.6. The van der Waals surface area contributed by atoms with E-state index in [-0.39, 0.29) is 11.3 Å². The number of carbonyl (C=O) groups excluding carboxylic acids is 1. The number of rotatable bonds is 6. The minimum atomic E-state index is 0.221. The van der Waals surface area contributed by atoms with E-state index in [9.17, 15) is 4.79 Å². The maximum absolute atomic E-state index is 11.8. The minimum Gasteiger partial charge on any atom is -0.355 e. The van der Waals surface area contributed by atoms with Crippen LogP contribution >= 0.6 is 11.3 Å². The topological polar surface area (TPSA) is 29.1 Å². The van der Waals surface area contributed by atoms with Gasteiger partial charge in [0.2, 0.25) is 5.91 Å². The van der Waals surface area contributed by atoms with Crippen molar-refractivity contribution in [2.45, 2.75) is 57.3 Å². The molecule has 2 rings (SSSR count). The first-order chi connectivity index (χ1) is 8.77. The zero-order chi connectivity index (χ0) is 12.8. The number of amides is 1. The van der Waals surface area contributed by atoms with E-state index in [0.29, 0.717) is 6.42 Å². The average molecular weight is 265 g/mol. The van der Waals surface area contributed by atoms with Crippen LogP contribution in [-0.4, -0.2) is 12.5 Å². The second-order valence-electron chi connectivity index (χ2n) is 5.38. The highest BCUT2D eigenvalue weighted by atomic mass is 32.1. The Labute approximate surface area is 114 Å². The Morgan fingerprint density at radius 2 is 2.22 bits per heavy atom. The smallest absolute Gasteiger partial charge is 0.220 e. The highest BCUT2D eigenvalue weighted by molar-refractivity contribution is 7.08. The number of hydrogen-bond acceptors (Lipinski definition) is 2. The van der Waals surface area contributed by atoms with Crippen molar-refractivity contribution < 1.29 is 4.79 Å². The summed E-state index contributed by atoms with van der Waals surface area (Å²) in [6.07, 6.45) is 7.79. The van der Waals surface area contributed by atoms with Gasteiger partial charge in [0, 0.05) is 18.4 Å². The third-order valence-corrected chi connectivity index (χ3v) is 4.76. The fraction of sp³-hybridized carbons (Fsp3) is 0.667. The molecule has 2 nitrogen and oxygen atoms in total. The van der Waals surface area contributed by atoms with E-state index < -0.39 is 0 Å². The predicted molar refractivity (Wildman–Crippen MR) is 77.0 cm³/mol. The molecule has 0 aliphatic heterocycles. The summed E-state index contributed by atoms with van der Waals surface area (Å²) in [5.74, 6) is 0.221. The lowest BCUT2D eigenvalue weighted by molar-refractivity contribution is -0.121. The molecule has 1 heterocycles. The maximum Gasteiger partial charge on any atom is 0.220 e. The second kappa shape index (κ2) is 6.37. The number of hydrogen-bond donors (Lipinski definition) is 1. The Kier molecular flexibility index (Phi) is 4.81. The fourth-order valence-corrected chi connectivity index (χ4v) is 3.66. The van der Waals surface area contributed by atoms with E-state index in [1.165, 1.54) is 31.2 Å². The van der Waals surface area contributed by atoms with Crippen molar-refractivity contribution in [2.24, 2.45) is 0 Å². The van der Waals surface area contributed by atoms with Gasteiger partial charge in [-0.2, -0.15) is 11.3 Å². The Morgan fingerprint density at radius 3 is 2.83 bits per heavy atom. The predicted octanol–water partition coefficient (Wildman–Crippen LogP) is 3.87. The Morgan fingerprint density at radius 1 is 1.44 bits per heavy atom. The van der Waals surface area contributed by atoms with Gasteiger partial charge in [-0.1, -0.05) is 26.2 Å². The summed E-state index contributed by atoms with van der Waals surface area (Å²) in [4.78, 5) is 11.8. The van der Waals surface area contributed by atoms with Crippen LogP contribution in [0.1, 0.15) is 57.4 Å². The molecule has 0 radical (unpaired) electrons. The number of carbonyl (C=O) groups is 1. The molecule has 1 aromatic heterocycles. The van der Waals surface area contributed by atoms with E-state index in [1.54, 1.807) is 11.3 Å². The summed E-state index contributed by atoms with van der Waals surface area (Å²) < 4.78 is 0. The minimum absolute atomic E-state index is 0.221. The summed E-state index contributed by atoms with van der Waals surface area (Å²) >= 11 is 1.76. The molecule has 0 bridgehead atoms. The molecular formula is C15H23NOS. The summed E-state index contributed by atoms with van der Waals surface area (Å²) in [7, 11) is 0. The number of thiophene rings is 1. The molecule has 1 aliphatic rings. The van der Waals surface area contributed by atoms with Gasteiger partial charge in [0.25, 0.3) is 0 Å². The van der Waals surface area contributed by atoms with Crippen molar-refractivity contribution in [1.82, 2.24) is 5.32 Å². The van der Waals surface area contributed by atoms with Crippen LogP contribution < -0.4 is 5.32 Å². The zero-order valence-corrected chi connectivity index (χ0v) is 12.0. The van der Waals surface area contributed by atoms with Crippen LogP contribution in [0.4, 0.5) is 0 Å². The number of nitrogens with one attached hydrogen (secondary N) is 1. The highest BCUT2D eigenvalue weighted by Gasteiger charge is 2.36. The average Bonchev–Trinajstić information content (AvgIpc) is 3.04. The van der Waals surface area contributed by atoms with Gasteiger partial charge in [-0.15, -0.1) is 0 Å². The molecular weight excluding hydrogens is 242 g/mol. The second-order valence-corrected chi connectivity index (χ2v) is 6.16. The Hall–Kier alpha value is -0.830. The quantitative estimate of drug-likeness (QED) is 0.831. The SMILES string of the molecule is CCCCC(=O)NCC1(c2ccsc2)CCCC1. The van der Waals surface area contributed by atoms with Crippen LogP contribution in [0.5, 0.6) is 0 Å². The normalized spacial score (nSPS) is 17.8. The lowest BCUT2D eigenvalue weighted by atomic mass is 9.80. The van der Waals surface area contributed by atoms with E-state index >= 15 is 0 Å². The van der Waals surface area contributed by atoms with Crippen LogP contribution in [0.3, 0.4) is 0 Å². The molecule has 0 saturated heterocycles. The summed E-state index contributed by atoms with van der Waals surface area (Å²) in [6.45, 7) is 2.95. The van der Waals surface area contributed by atoms with Gasteiger partial charge >= 0.3 is 0 Å². The zero-order valence-electron chi connectivity index (χ0n) is 11.2. The van der Waals surface area contributed by atoms with Crippen LogP contribution in [0, 0.1) is 0 Å². The molecule has 0 aromatic carbocycles. The standard InChI is InChI=1S/C15H23NOS/c1-2-3-6-14(17)16-12-15(8-4-5-9-15)13-7-10-18-11-13/h7,10-11H,2-6,8-9,12H2,1H3,(H,16,17). The lowest BCUT2D eigenvalue weighted by Gasteiger charge is -2.28. The molecule has 1 aromatic rings. The van der Waals surface area contributed by atoms with Crippen LogP contribution in [-0.2, 0) is 10.2 Å². The molecule has 3 heteroatoms. The third-order valence-electron chi connectivity index (χ3n) is 4.08. The lowest BCUT2D eigenvalue weighted by Crippen LogP contribution is -2.38. The Bertz CT molecular complexity index is 366. The molecule has 0 atom stereocenters. The van der Waals surface area contributed by atoms with Gasteiger partial charge in [0.1, 0.15) is 0 Å². The van der Waals surface area contributed by atoms with Crippen molar-refractivity contribution >= 4 is 17.2 Å². The number of unbranched alkanes of at least 4 members (excludes halogenated alkanes) is 1. The Balaban J connectivity index is 1.93. The van der Waals surface area contributed by atoms with Crippen molar-refractivity contribution in [3.05, 3.63) is 22.4 Å². The van der Waals surface area contributed by atoms with Crippen LogP contribution in [0.2, 0.25) is 0 Å². The first-order valence-corrected chi connectivity index (χ1v) is 8.00. The molecule has 1 amide bonds. The van der Waals surface area contributed by atoms with Gasteiger partial charge in [-0.25, -0.2) is 0 Å². The van der Waals surface area contributed by atoms with Crippen molar-refractivity contribution in [3.63, 3.8) is 0 Å². The molecule has 1 aliphatic carbocycles.